The molecule has 0 aromatic carbocycles. The molecule has 6 heteroatoms. The minimum Gasteiger partial charge on any atom is -0.480 e. The number of carboxylic acids is 1. The van der Waals surface area contributed by atoms with Crippen LogP contribution in [0.2, 0.25) is 0 Å². The number of aliphatic carboxylic acids is 1. The van der Waals surface area contributed by atoms with E-state index >= 15 is 0 Å². The Balaban J connectivity index is 3.51. The van der Waals surface area contributed by atoms with Gasteiger partial charge < -0.3 is 21.5 Å². The minimum atomic E-state index is -1.06. The largest absolute Gasteiger partial charge is 0.480 e. The number of hydrogen-bond acceptors (Lipinski definition) is 3. The van der Waals surface area contributed by atoms with E-state index in [-0.39, 0.29) is 19.0 Å². The second-order valence-electron chi connectivity index (χ2n) is 3.76. The van der Waals surface area contributed by atoms with Crippen molar-refractivity contribution in [1.82, 2.24) is 10.6 Å². The molecule has 6 nitrogen and oxygen atoms in total. The molecule has 0 aromatic rings. The number of nitrogens with two attached hydrogens (primary N) is 1. The highest BCUT2D eigenvalue weighted by atomic mass is 16.4. The number of rotatable bonds is 6. The molecule has 0 heterocycles. The fourth-order valence-electron chi connectivity index (χ4n) is 0.824. The average Bonchev–Trinajstić information content (AvgIpc) is 2.14. The second kappa shape index (κ2) is 7.05. The van der Waals surface area contributed by atoms with Crippen molar-refractivity contribution < 1.29 is 14.7 Å². The van der Waals surface area contributed by atoms with Gasteiger partial charge >= 0.3 is 12.0 Å². The van der Waals surface area contributed by atoms with Crippen molar-refractivity contribution in [2.24, 2.45) is 11.7 Å². The summed E-state index contributed by atoms with van der Waals surface area (Å²) in [5.41, 5.74) is 5.25. The first kappa shape index (κ1) is 13.7. The predicted octanol–water partition coefficient (Wildman–Crippen LogP) is -0.256. The van der Waals surface area contributed by atoms with E-state index in [0.717, 1.165) is 0 Å². The number of carboxylic acid groups (broad SMARTS) is 1. The minimum absolute atomic E-state index is 0.227. The van der Waals surface area contributed by atoms with Crippen LogP contribution in [0.15, 0.2) is 0 Å². The summed E-state index contributed by atoms with van der Waals surface area (Å²) in [6.07, 6.45) is 0.227. The lowest BCUT2D eigenvalue weighted by atomic mass is 10.2. The van der Waals surface area contributed by atoms with Crippen LogP contribution in [-0.2, 0) is 4.79 Å². The highest BCUT2D eigenvalue weighted by Crippen LogP contribution is 1.88. The molecule has 0 aliphatic rings. The van der Waals surface area contributed by atoms with Crippen molar-refractivity contribution in [3.05, 3.63) is 0 Å². The fraction of sp³-hybridized carbons (Fsp3) is 0.778. The van der Waals surface area contributed by atoms with Gasteiger partial charge in [0.1, 0.15) is 6.04 Å². The Morgan fingerprint density at radius 1 is 1.33 bits per heavy atom. The zero-order valence-electron chi connectivity index (χ0n) is 9.12. The molecule has 1 unspecified atom stereocenters. The van der Waals surface area contributed by atoms with Gasteiger partial charge in [-0.3, -0.25) is 4.79 Å². The third kappa shape index (κ3) is 7.75. The number of nitrogens with one attached hydrogen (secondary N) is 2. The van der Waals surface area contributed by atoms with Gasteiger partial charge in [-0.25, -0.2) is 4.79 Å². The molecule has 5 N–H and O–H groups in total. The van der Waals surface area contributed by atoms with Crippen LogP contribution in [0.25, 0.3) is 0 Å². The number of amides is 2. The first-order valence-corrected chi connectivity index (χ1v) is 4.93. The smallest absolute Gasteiger partial charge is 0.320 e. The molecule has 0 aliphatic heterocycles. The molecule has 0 saturated carbocycles. The monoisotopic (exact) mass is 217 g/mol. The average molecular weight is 217 g/mol. The third-order valence-corrected chi connectivity index (χ3v) is 1.73. The van der Waals surface area contributed by atoms with Crippen LogP contribution >= 0.6 is 0 Å². The maximum Gasteiger partial charge on any atom is 0.320 e. The number of urea groups is 1. The lowest BCUT2D eigenvalue weighted by molar-refractivity contribution is -0.138. The van der Waals surface area contributed by atoms with Crippen molar-refractivity contribution in [3.8, 4) is 0 Å². The third-order valence-electron chi connectivity index (χ3n) is 1.73. The Kier molecular flexibility index (Phi) is 6.44. The van der Waals surface area contributed by atoms with Crippen molar-refractivity contribution in [3.63, 3.8) is 0 Å². The van der Waals surface area contributed by atoms with Crippen molar-refractivity contribution in [1.29, 1.82) is 0 Å². The normalized spacial score (nSPS) is 12.3. The van der Waals surface area contributed by atoms with E-state index < -0.39 is 12.0 Å². The van der Waals surface area contributed by atoms with Gasteiger partial charge in [0.15, 0.2) is 0 Å². The molecule has 0 radical (unpaired) electrons. The summed E-state index contributed by atoms with van der Waals surface area (Å²) < 4.78 is 0. The van der Waals surface area contributed by atoms with Crippen molar-refractivity contribution in [2.45, 2.75) is 26.3 Å². The lowest BCUT2D eigenvalue weighted by Gasteiger charge is -2.10. The summed E-state index contributed by atoms with van der Waals surface area (Å²) in [6, 6.07) is -1.21. The molecular weight excluding hydrogens is 198 g/mol. The molecule has 88 valence electrons. The quantitative estimate of drug-likeness (QED) is 0.492. The lowest BCUT2D eigenvalue weighted by Crippen LogP contribution is -2.40. The van der Waals surface area contributed by atoms with E-state index in [4.69, 9.17) is 10.8 Å². The Hall–Kier alpha value is -1.30. The summed E-state index contributed by atoms with van der Waals surface area (Å²) in [6.45, 7) is 4.83. The molecule has 0 spiro atoms. The van der Waals surface area contributed by atoms with E-state index in [1.165, 1.54) is 0 Å². The predicted molar refractivity (Wildman–Crippen MR) is 56.5 cm³/mol. The summed E-state index contributed by atoms with van der Waals surface area (Å²) in [4.78, 5) is 21.4. The van der Waals surface area contributed by atoms with Gasteiger partial charge in [-0.2, -0.15) is 0 Å². The fourth-order valence-corrected chi connectivity index (χ4v) is 0.824. The molecule has 2 amide bonds. The van der Waals surface area contributed by atoms with Crippen LogP contribution in [0.1, 0.15) is 20.3 Å². The topological polar surface area (TPSA) is 104 Å². The van der Waals surface area contributed by atoms with E-state index in [1.54, 1.807) is 0 Å². The first-order valence-electron chi connectivity index (χ1n) is 4.93. The van der Waals surface area contributed by atoms with Gasteiger partial charge in [-0.1, -0.05) is 13.8 Å². The molecular formula is C9H19N3O3. The maximum atomic E-state index is 11.1. The number of carbonyl (C=O) groups is 2. The van der Waals surface area contributed by atoms with Crippen LogP contribution < -0.4 is 16.4 Å². The van der Waals surface area contributed by atoms with Gasteiger partial charge in [0.2, 0.25) is 0 Å². The van der Waals surface area contributed by atoms with Gasteiger partial charge in [0.05, 0.1) is 0 Å². The summed E-state index contributed by atoms with van der Waals surface area (Å²) >= 11 is 0. The summed E-state index contributed by atoms with van der Waals surface area (Å²) in [7, 11) is 0. The zero-order chi connectivity index (χ0) is 11.8. The SMILES string of the molecule is CC(C)CNC(=O)NCCC(N)C(=O)O. The Morgan fingerprint density at radius 3 is 2.40 bits per heavy atom. The summed E-state index contributed by atoms with van der Waals surface area (Å²) in [5.74, 6) is -0.670. The summed E-state index contributed by atoms with van der Waals surface area (Å²) in [5, 5.41) is 13.6. The van der Waals surface area contributed by atoms with E-state index in [9.17, 15) is 9.59 Å². The zero-order valence-corrected chi connectivity index (χ0v) is 9.12. The number of hydrogen-bond donors (Lipinski definition) is 4. The number of carbonyl (C=O) groups excluding carboxylic acids is 1. The van der Waals surface area contributed by atoms with E-state index in [0.29, 0.717) is 12.5 Å². The molecule has 0 bridgehead atoms. The first-order chi connectivity index (χ1) is 6.93. The standard InChI is InChI=1S/C9H19N3O3/c1-6(2)5-12-9(15)11-4-3-7(10)8(13)14/h6-7H,3-5,10H2,1-2H3,(H,13,14)(H2,11,12,15). The van der Waals surface area contributed by atoms with E-state index in [2.05, 4.69) is 10.6 Å². The molecule has 0 fully saturated rings. The van der Waals surface area contributed by atoms with Gasteiger partial charge in [0.25, 0.3) is 0 Å². The van der Waals surface area contributed by atoms with Crippen LogP contribution in [-0.4, -0.2) is 36.2 Å². The highest BCUT2D eigenvalue weighted by Gasteiger charge is 2.10. The molecule has 15 heavy (non-hydrogen) atoms. The van der Waals surface area contributed by atoms with Crippen LogP contribution in [0.5, 0.6) is 0 Å². The van der Waals surface area contributed by atoms with Gasteiger partial charge in [0, 0.05) is 13.1 Å². The molecule has 0 aromatic heterocycles. The van der Waals surface area contributed by atoms with Gasteiger partial charge in [-0.05, 0) is 12.3 Å². The molecule has 0 rings (SSSR count). The molecule has 0 aliphatic carbocycles. The van der Waals surface area contributed by atoms with Crippen molar-refractivity contribution >= 4 is 12.0 Å². The Labute approximate surface area is 89.2 Å². The molecule has 0 saturated heterocycles. The van der Waals surface area contributed by atoms with Gasteiger partial charge in [-0.15, -0.1) is 0 Å². The Morgan fingerprint density at radius 2 is 1.93 bits per heavy atom. The second-order valence-corrected chi connectivity index (χ2v) is 3.76. The Bertz CT molecular complexity index is 219. The highest BCUT2D eigenvalue weighted by molar-refractivity contribution is 5.74. The molecule has 1 atom stereocenters. The van der Waals surface area contributed by atoms with Crippen LogP contribution in [0.3, 0.4) is 0 Å². The maximum absolute atomic E-state index is 11.1. The van der Waals surface area contributed by atoms with E-state index in [1.807, 2.05) is 13.8 Å². The van der Waals surface area contributed by atoms with Crippen LogP contribution in [0.4, 0.5) is 4.79 Å². The van der Waals surface area contributed by atoms with Crippen molar-refractivity contribution in [2.75, 3.05) is 13.1 Å². The van der Waals surface area contributed by atoms with Crippen LogP contribution in [0, 0.1) is 5.92 Å².